The predicted molar refractivity (Wildman–Crippen MR) is 105 cm³/mol. The molecule has 0 radical (unpaired) electrons. The fraction of sp³-hybridized carbons (Fsp3) is 0.429. The molecular weight excluding hydrogens is 558 g/mol. The third kappa shape index (κ3) is 6.26. The maximum absolute atomic E-state index is 14.3. The van der Waals surface area contributed by atoms with Crippen molar-refractivity contribution in [1.82, 2.24) is 4.98 Å². The number of benzene rings is 1. The summed E-state index contributed by atoms with van der Waals surface area (Å²) in [6.07, 6.45) is -15.5. The second-order valence-corrected chi connectivity index (χ2v) is 8.80. The second kappa shape index (κ2) is 11.0. The summed E-state index contributed by atoms with van der Waals surface area (Å²) in [6, 6.07) is 0. The number of rotatable bonds is 7. The number of thioether (sulfide) groups is 1. The van der Waals surface area contributed by atoms with Gasteiger partial charge in [0, 0.05) is 5.75 Å². The number of alkyl halides is 8. The Bertz CT molecular complexity index is 1160. The lowest BCUT2D eigenvalue weighted by Crippen LogP contribution is -2.22. The van der Waals surface area contributed by atoms with E-state index in [-0.39, 0.29) is 11.8 Å². The number of pyridine rings is 1. The number of aromatic nitrogens is 1. The molecule has 3 nitrogen and oxygen atoms in total. The summed E-state index contributed by atoms with van der Waals surface area (Å²) >= 11 is -0.389. The molecule has 16 heteroatoms. The SMILES string of the molecule is COC(=O)c1c(C(F)F)nc(C(F)(F)F)c(CSc2c(F)c(F)c(C(F)(F)F)c(F)c2F)c1CC(C)C. The Balaban J connectivity index is 2.85. The van der Waals surface area contributed by atoms with E-state index in [1.807, 2.05) is 0 Å². The Labute approximate surface area is 205 Å². The number of esters is 1. The molecule has 0 spiro atoms. The van der Waals surface area contributed by atoms with E-state index in [9.17, 15) is 57.5 Å². The molecular formula is C21H15F12NO2S. The molecule has 0 amide bonds. The second-order valence-electron chi connectivity index (χ2n) is 7.81. The van der Waals surface area contributed by atoms with Gasteiger partial charge in [0.2, 0.25) is 0 Å². The zero-order valence-corrected chi connectivity index (χ0v) is 19.6. The molecule has 0 aliphatic rings. The van der Waals surface area contributed by atoms with E-state index < -0.39 is 105 Å². The van der Waals surface area contributed by atoms with Crippen molar-refractivity contribution >= 4 is 17.7 Å². The number of methoxy groups -OCH3 is 1. The molecule has 1 aromatic carbocycles. The molecule has 37 heavy (non-hydrogen) atoms. The van der Waals surface area contributed by atoms with Crippen LogP contribution in [0.4, 0.5) is 52.7 Å². The van der Waals surface area contributed by atoms with Crippen molar-refractivity contribution in [2.45, 2.75) is 49.7 Å². The third-order valence-electron chi connectivity index (χ3n) is 4.78. The smallest absolute Gasteiger partial charge is 0.433 e. The lowest BCUT2D eigenvalue weighted by atomic mass is 9.91. The van der Waals surface area contributed by atoms with Gasteiger partial charge in [-0.3, -0.25) is 0 Å². The van der Waals surface area contributed by atoms with E-state index >= 15 is 0 Å². The minimum atomic E-state index is -5.85. The summed E-state index contributed by atoms with van der Waals surface area (Å²) in [5.74, 6) is -14.2. The Morgan fingerprint density at radius 2 is 1.41 bits per heavy atom. The molecule has 0 unspecified atom stereocenters. The first-order valence-corrected chi connectivity index (χ1v) is 10.9. The highest BCUT2D eigenvalue weighted by atomic mass is 32.2. The van der Waals surface area contributed by atoms with Gasteiger partial charge in [-0.15, -0.1) is 11.8 Å². The summed E-state index contributed by atoms with van der Waals surface area (Å²) in [5.41, 5.74) is -9.28. The third-order valence-corrected chi connectivity index (χ3v) is 5.86. The highest BCUT2D eigenvalue weighted by molar-refractivity contribution is 7.98. The number of carbonyl (C=O) groups excluding carboxylic acids is 1. The van der Waals surface area contributed by atoms with Crippen LogP contribution >= 0.6 is 11.8 Å². The molecule has 206 valence electrons. The van der Waals surface area contributed by atoms with E-state index in [1.165, 1.54) is 13.8 Å². The van der Waals surface area contributed by atoms with Crippen LogP contribution in [-0.4, -0.2) is 18.1 Å². The van der Waals surface area contributed by atoms with E-state index in [4.69, 9.17) is 0 Å². The number of hydrogen-bond donors (Lipinski definition) is 0. The van der Waals surface area contributed by atoms with Crippen LogP contribution in [0.2, 0.25) is 0 Å². The maximum atomic E-state index is 14.3. The molecule has 1 aromatic heterocycles. The number of carbonyl (C=O) groups is 1. The maximum Gasteiger partial charge on any atom is 0.433 e. The minimum Gasteiger partial charge on any atom is -0.465 e. The summed E-state index contributed by atoms with van der Waals surface area (Å²) in [6.45, 7) is 2.85. The van der Waals surface area contributed by atoms with Gasteiger partial charge in [-0.1, -0.05) is 13.8 Å². The first-order valence-electron chi connectivity index (χ1n) is 9.89. The van der Waals surface area contributed by atoms with E-state index in [2.05, 4.69) is 9.72 Å². The van der Waals surface area contributed by atoms with Crippen LogP contribution in [0, 0.1) is 29.2 Å². The van der Waals surface area contributed by atoms with Crippen molar-refractivity contribution in [1.29, 1.82) is 0 Å². The monoisotopic (exact) mass is 573 g/mol. The van der Waals surface area contributed by atoms with Gasteiger partial charge in [-0.05, 0) is 23.5 Å². The number of hydrogen-bond acceptors (Lipinski definition) is 4. The molecule has 0 aliphatic carbocycles. The van der Waals surface area contributed by atoms with Crippen molar-refractivity contribution < 1.29 is 62.2 Å². The van der Waals surface area contributed by atoms with E-state index in [1.54, 1.807) is 0 Å². The zero-order chi connectivity index (χ0) is 28.6. The molecule has 0 saturated heterocycles. The van der Waals surface area contributed by atoms with Gasteiger partial charge in [0.05, 0.1) is 17.6 Å². The Hall–Kier alpha value is -2.65. The van der Waals surface area contributed by atoms with Gasteiger partial charge < -0.3 is 4.74 Å². The first kappa shape index (κ1) is 30.6. The molecule has 0 N–H and O–H groups in total. The van der Waals surface area contributed by atoms with Crippen molar-refractivity contribution in [3.8, 4) is 0 Å². The molecule has 0 fully saturated rings. The van der Waals surface area contributed by atoms with Crippen molar-refractivity contribution in [3.05, 3.63) is 56.9 Å². The number of halogens is 12. The summed E-state index contributed by atoms with van der Waals surface area (Å²) in [7, 11) is 0.737. The van der Waals surface area contributed by atoms with Gasteiger partial charge >= 0.3 is 18.3 Å². The molecule has 0 saturated carbocycles. The van der Waals surface area contributed by atoms with Gasteiger partial charge in [-0.2, -0.15) is 26.3 Å². The van der Waals surface area contributed by atoms with Gasteiger partial charge in [0.25, 0.3) is 6.43 Å². The highest BCUT2D eigenvalue weighted by Gasteiger charge is 2.43. The highest BCUT2D eigenvalue weighted by Crippen LogP contribution is 2.43. The summed E-state index contributed by atoms with van der Waals surface area (Å²) in [5, 5.41) is 0. The zero-order valence-electron chi connectivity index (χ0n) is 18.8. The van der Waals surface area contributed by atoms with Crippen LogP contribution in [0.3, 0.4) is 0 Å². The lowest BCUT2D eigenvalue weighted by Gasteiger charge is -2.22. The quantitative estimate of drug-likeness (QED) is 0.146. The molecule has 2 aromatic rings. The first-order chi connectivity index (χ1) is 16.8. The summed E-state index contributed by atoms with van der Waals surface area (Å²) < 4.78 is 168. The fourth-order valence-electron chi connectivity index (χ4n) is 3.33. The van der Waals surface area contributed by atoms with Crippen LogP contribution < -0.4 is 0 Å². The largest absolute Gasteiger partial charge is 0.465 e. The standard InChI is InChI=1S/C21H15F12NO2S/c1-6(2)4-7-8(17(21(31,32)33)34-15(18(26)27)9(7)19(35)36-3)5-37-16-13(24)11(22)10(20(28,29)30)12(23)14(16)25/h6,18H,4-5H2,1-3H3. The summed E-state index contributed by atoms with van der Waals surface area (Å²) in [4.78, 5) is 13.3. The number of nitrogens with zero attached hydrogens (tertiary/aromatic N) is 1. The Morgan fingerprint density at radius 1 is 0.892 bits per heavy atom. The fourth-order valence-corrected chi connectivity index (χ4v) is 4.37. The Morgan fingerprint density at radius 3 is 1.78 bits per heavy atom. The van der Waals surface area contributed by atoms with Crippen molar-refractivity contribution in [2.24, 2.45) is 5.92 Å². The molecule has 0 bridgehead atoms. The molecule has 0 aliphatic heterocycles. The van der Waals surface area contributed by atoms with Gasteiger partial charge in [0.1, 0.15) is 17.0 Å². The average Bonchev–Trinajstić information content (AvgIpc) is 2.75. The van der Waals surface area contributed by atoms with E-state index in [0.717, 1.165) is 7.11 Å². The minimum absolute atomic E-state index is 0.389. The van der Waals surface area contributed by atoms with Gasteiger partial charge in [-0.25, -0.2) is 36.1 Å². The molecule has 0 atom stereocenters. The van der Waals surface area contributed by atoms with Crippen LogP contribution in [0.15, 0.2) is 4.90 Å². The van der Waals surface area contributed by atoms with Crippen LogP contribution in [-0.2, 0) is 29.3 Å². The number of ether oxygens (including phenoxy) is 1. The predicted octanol–water partition coefficient (Wildman–Crippen LogP) is 7.89. The van der Waals surface area contributed by atoms with Crippen LogP contribution in [0.1, 0.15) is 58.7 Å². The van der Waals surface area contributed by atoms with Crippen LogP contribution in [0.25, 0.3) is 0 Å². The van der Waals surface area contributed by atoms with Crippen molar-refractivity contribution in [3.63, 3.8) is 0 Å². The Kier molecular flexibility index (Phi) is 9.08. The average molecular weight is 573 g/mol. The lowest BCUT2D eigenvalue weighted by molar-refractivity contribution is -0.143. The molecule has 1 heterocycles. The van der Waals surface area contributed by atoms with Gasteiger partial charge in [0.15, 0.2) is 23.3 Å². The van der Waals surface area contributed by atoms with Crippen LogP contribution in [0.5, 0.6) is 0 Å². The normalized spacial score (nSPS) is 12.6. The molecule has 2 rings (SSSR count). The van der Waals surface area contributed by atoms with E-state index in [0.29, 0.717) is 0 Å². The topological polar surface area (TPSA) is 39.2 Å². The van der Waals surface area contributed by atoms with Crippen molar-refractivity contribution in [2.75, 3.05) is 7.11 Å².